The van der Waals surface area contributed by atoms with Crippen LogP contribution < -0.4 is 5.32 Å². The van der Waals surface area contributed by atoms with Crippen molar-refractivity contribution in [3.63, 3.8) is 0 Å². The van der Waals surface area contributed by atoms with Crippen LogP contribution in [0.1, 0.15) is 13.3 Å². The lowest BCUT2D eigenvalue weighted by molar-refractivity contribution is -0.132. The average molecular weight is 277 g/mol. The van der Waals surface area contributed by atoms with Gasteiger partial charge in [0.1, 0.15) is 5.69 Å². The molecule has 0 saturated heterocycles. The maximum absolute atomic E-state index is 13.2. The van der Waals surface area contributed by atoms with Crippen LogP contribution >= 0.6 is 0 Å². The Morgan fingerprint density at radius 1 is 1.26 bits per heavy atom. The number of aliphatic carboxylic acids is 1. The lowest BCUT2D eigenvalue weighted by Crippen LogP contribution is -2.09. The van der Waals surface area contributed by atoms with Crippen molar-refractivity contribution in [2.75, 3.05) is 11.9 Å². The number of nitrogens with one attached hydrogen (secondary N) is 1. The fourth-order valence-corrected chi connectivity index (χ4v) is 1.39. The van der Waals surface area contributed by atoms with Gasteiger partial charge in [0, 0.05) is 18.2 Å². The van der Waals surface area contributed by atoms with Crippen molar-refractivity contribution in [1.29, 1.82) is 0 Å². The Kier molecular flexibility index (Phi) is 4.91. The molecule has 0 bridgehead atoms. The van der Waals surface area contributed by atoms with E-state index in [1.165, 1.54) is 6.08 Å². The molecule has 0 amide bonds. The molecule has 0 unspecified atom stereocenters. The Morgan fingerprint density at radius 2 is 1.79 bits per heavy atom. The van der Waals surface area contributed by atoms with Gasteiger partial charge in [0.15, 0.2) is 23.3 Å². The molecule has 0 spiro atoms. The lowest BCUT2D eigenvalue weighted by atomic mass is 10.2. The zero-order valence-corrected chi connectivity index (χ0v) is 9.94. The predicted octanol–water partition coefficient (Wildman–Crippen LogP) is 3.08. The summed E-state index contributed by atoms with van der Waals surface area (Å²) in [5, 5.41) is 10.8. The Bertz CT molecular complexity index is 503. The predicted molar refractivity (Wildman–Crippen MR) is 60.8 cm³/mol. The second kappa shape index (κ2) is 6.21. The van der Waals surface area contributed by atoms with Gasteiger partial charge in [-0.2, -0.15) is 0 Å². The number of hydrogen-bond acceptors (Lipinski definition) is 2. The highest BCUT2D eigenvalue weighted by Crippen LogP contribution is 2.23. The second-order valence-corrected chi connectivity index (χ2v) is 3.61. The van der Waals surface area contributed by atoms with E-state index in [2.05, 4.69) is 5.32 Å². The van der Waals surface area contributed by atoms with Crippen LogP contribution in [-0.2, 0) is 4.79 Å². The number of anilines is 1. The van der Waals surface area contributed by atoms with Crippen molar-refractivity contribution in [3.8, 4) is 0 Å². The highest BCUT2D eigenvalue weighted by Gasteiger charge is 2.18. The standard InChI is InChI=1S/C12H11F4NO2/c1-2-6(12(18)19)3-4-17-11-9(15)7(13)5-8(14)10(11)16/h3,5,17H,2,4H2,1H3,(H,18,19)/b6-3-. The first kappa shape index (κ1) is 15.0. The van der Waals surface area contributed by atoms with E-state index in [1.54, 1.807) is 6.92 Å². The topological polar surface area (TPSA) is 49.3 Å². The summed E-state index contributed by atoms with van der Waals surface area (Å²) < 4.78 is 52.2. The molecule has 0 heterocycles. The van der Waals surface area contributed by atoms with E-state index in [0.29, 0.717) is 0 Å². The van der Waals surface area contributed by atoms with Crippen LogP contribution in [0.4, 0.5) is 23.2 Å². The monoisotopic (exact) mass is 277 g/mol. The van der Waals surface area contributed by atoms with Crippen molar-refractivity contribution in [2.24, 2.45) is 0 Å². The number of carboxylic acid groups (broad SMARTS) is 1. The van der Waals surface area contributed by atoms with Crippen LogP contribution in [0.25, 0.3) is 0 Å². The molecule has 0 saturated carbocycles. The summed E-state index contributed by atoms with van der Waals surface area (Å²) in [4.78, 5) is 10.7. The summed E-state index contributed by atoms with van der Waals surface area (Å²) in [7, 11) is 0. The molecule has 104 valence electrons. The summed E-state index contributed by atoms with van der Waals surface area (Å²) >= 11 is 0. The van der Waals surface area contributed by atoms with Gasteiger partial charge in [0.05, 0.1) is 0 Å². The highest BCUT2D eigenvalue weighted by molar-refractivity contribution is 5.86. The second-order valence-electron chi connectivity index (χ2n) is 3.61. The van der Waals surface area contributed by atoms with Crippen LogP contribution in [0.5, 0.6) is 0 Å². The number of rotatable bonds is 5. The van der Waals surface area contributed by atoms with Gasteiger partial charge in [-0.3, -0.25) is 0 Å². The zero-order chi connectivity index (χ0) is 14.6. The van der Waals surface area contributed by atoms with Crippen molar-refractivity contribution in [1.82, 2.24) is 0 Å². The van der Waals surface area contributed by atoms with E-state index in [4.69, 9.17) is 5.11 Å². The molecule has 7 heteroatoms. The summed E-state index contributed by atoms with van der Waals surface area (Å²) in [6.45, 7) is 1.31. The van der Waals surface area contributed by atoms with Crippen molar-refractivity contribution >= 4 is 11.7 Å². The first-order chi connectivity index (χ1) is 8.88. The number of hydrogen-bond donors (Lipinski definition) is 2. The van der Waals surface area contributed by atoms with Gasteiger partial charge >= 0.3 is 5.97 Å². The first-order valence-corrected chi connectivity index (χ1v) is 5.37. The van der Waals surface area contributed by atoms with E-state index >= 15 is 0 Å². The van der Waals surface area contributed by atoms with E-state index in [9.17, 15) is 22.4 Å². The van der Waals surface area contributed by atoms with Crippen LogP contribution in [0.3, 0.4) is 0 Å². The maximum atomic E-state index is 13.2. The van der Waals surface area contributed by atoms with Gasteiger partial charge < -0.3 is 10.4 Å². The Morgan fingerprint density at radius 3 is 2.21 bits per heavy atom. The van der Waals surface area contributed by atoms with Crippen molar-refractivity contribution in [2.45, 2.75) is 13.3 Å². The minimum Gasteiger partial charge on any atom is -0.478 e. The fraction of sp³-hybridized carbons (Fsp3) is 0.250. The molecule has 1 aromatic carbocycles. The Balaban J connectivity index is 2.93. The average Bonchev–Trinajstić information content (AvgIpc) is 2.35. The molecule has 0 aliphatic carbocycles. The summed E-state index contributed by atoms with van der Waals surface area (Å²) in [5.74, 6) is -7.34. The molecule has 0 fully saturated rings. The zero-order valence-electron chi connectivity index (χ0n) is 9.94. The van der Waals surface area contributed by atoms with Crippen LogP contribution in [0.15, 0.2) is 17.7 Å². The lowest BCUT2D eigenvalue weighted by Gasteiger charge is -2.08. The first-order valence-electron chi connectivity index (χ1n) is 5.37. The smallest absolute Gasteiger partial charge is 0.331 e. The molecular formula is C12H11F4NO2. The minimum atomic E-state index is -1.55. The largest absolute Gasteiger partial charge is 0.478 e. The fourth-order valence-electron chi connectivity index (χ4n) is 1.39. The molecule has 0 aromatic heterocycles. The van der Waals surface area contributed by atoms with Gasteiger partial charge in [0.25, 0.3) is 0 Å². The summed E-state index contributed by atoms with van der Waals surface area (Å²) in [5.41, 5.74) is -0.945. The van der Waals surface area contributed by atoms with Gasteiger partial charge in [0.2, 0.25) is 0 Å². The third kappa shape index (κ3) is 3.46. The summed E-state index contributed by atoms with van der Waals surface area (Å²) in [6, 6.07) is 0.0976. The molecule has 1 rings (SSSR count). The van der Waals surface area contributed by atoms with Gasteiger partial charge in [-0.15, -0.1) is 0 Å². The minimum absolute atomic E-state index is 0.0187. The third-order valence-electron chi connectivity index (χ3n) is 2.39. The van der Waals surface area contributed by atoms with Crippen LogP contribution in [0, 0.1) is 23.3 Å². The SMILES string of the molecule is CC/C(=C/CNc1c(F)c(F)cc(F)c1F)C(=O)O. The molecule has 1 aromatic rings. The van der Waals surface area contributed by atoms with Crippen LogP contribution in [-0.4, -0.2) is 17.6 Å². The Hall–Kier alpha value is -2.05. The normalized spacial score (nSPS) is 11.5. The van der Waals surface area contributed by atoms with Crippen molar-refractivity contribution in [3.05, 3.63) is 41.0 Å². The molecule has 3 nitrogen and oxygen atoms in total. The molecule has 0 radical (unpaired) electrons. The van der Waals surface area contributed by atoms with E-state index in [1.807, 2.05) is 0 Å². The van der Waals surface area contributed by atoms with Crippen LogP contribution in [0.2, 0.25) is 0 Å². The summed E-state index contributed by atoms with van der Waals surface area (Å²) in [6.07, 6.45) is 1.38. The molecule has 0 aliphatic heterocycles. The maximum Gasteiger partial charge on any atom is 0.331 e. The molecule has 0 atom stereocenters. The number of carboxylic acids is 1. The number of halogens is 4. The highest BCUT2D eigenvalue weighted by atomic mass is 19.2. The Labute approximate surface area is 106 Å². The van der Waals surface area contributed by atoms with Gasteiger partial charge in [-0.1, -0.05) is 13.0 Å². The van der Waals surface area contributed by atoms with E-state index in [0.717, 1.165) is 0 Å². The molecule has 0 aliphatic rings. The van der Waals surface area contributed by atoms with E-state index in [-0.39, 0.29) is 24.6 Å². The van der Waals surface area contributed by atoms with Crippen molar-refractivity contribution < 1.29 is 27.5 Å². The number of carbonyl (C=O) groups is 1. The van der Waals surface area contributed by atoms with Gasteiger partial charge in [-0.05, 0) is 6.42 Å². The number of benzene rings is 1. The third-order valence-corrected chi connectivity index (χ3v) is 2.39. The molecule has 2 N–H and O–H groups in total. The molecule has 19 heavy (non-hydrogen) atoms. The molecular weight excluding hydrogens is 266 g/mol. The van der Waals surface area contributed by atoms with Gasteiger partial charge in [-0.25, -0.2) is 22.4 Å². The van der Waals surface area contributed by atoms with E-state index < -0.39 is 34.9 Å². The quantitative estimate of drug-likeness (QED) is 0.494.